The van der Waals surface area contributed by atoms with Crippen molar-refractivity contribution in [3.63, 3.8) is 0 Å². The molecule has 2 rings (SSSR count). The van der Waals surface area contributed by atoms with E-state index >= 15 is 0 Å². The first-order chi connectivity index (χ1) is 8.86. The fourth-order valence-corrected chi connectivity index (χ4v) is 2.44. The van der Waals surface area contributed by atoms with Gasteiger partial charge >= 0.3 is 0 Å². The molecule has 0 radical (unpaired) electrons. The van der Waals surface area contributed by atoms with Gasteiger partial charge in [0.15, 0.2) is 0 Å². The van der Waals surface area contributed by atoms with Gasteiger partial charge in [-0.15, -0.1) is 6.58 Å². The molecule has 1 aromatic carbocycles. The first kappa shape index (κ1) is 13.1. The van der Waals surface area contributed by atoms with Gasteiger partial charge in [-0.05, 0) is 13.0 Å². The molecule has 0 amide bonds. The molecule has 0 spiro atoms. The van der Waals surface area contributed by atoms with E-state index in [1.807, 2.05) is 25.1 Å². The Kier molecular flexibility index (Phi) is 4.79. The number of nitrogens with one attached hydrogen (secondary N) is 1. The van der Waals surface area contributed by atoms with Crippen molar-refractivity contribution in [1.29, 1.82) is 0 Å². The summed E-state index contributed by atoms with van der Waals surface area (Å²) in [6, 6.07) is 8.51. The van der Waals surface area contributed by atoms with Crippen LogP contribution in [0.2, 0.25) is 0 Å². The quantitative estimate of drug-likeness (QED) is 0.806. The van der Waals surface area contributed by atoms with Crippen LogP contribution in [-0.4, -0.2) is 37.7 Å². The van der Waals surface area contributed by atoms with E-state index in [4.69, 9.17) is 4.74 Å². The van der Waals surface area contributed by atoms with Gasteiger partial charge < -0.3 is 10.1 Å². The maximum Gasteiger partial charge on any atom is 0.124 e. The van der Waals surface area contributed by atoms with E-state index in [9.17, 15) is 0 Å². The zero-order chi connectivity index (χ0) is 12.8. The molecule has 1 fully saturated rings. The molecule has 0 bridgehead atoms. The summed E-state index contributed by atoms with van der Waals surface area (Å²) >= 11 is 0. The van der Waals surface area contributed by atoms with E-state index in [2.05, 4.69) is 28.9 Å². The molecule has 1 aliphatic heterocycles. The first-order valence-corrected chi connectivity index (χ1v) is 6.66. The summed E-state index contributed by atoms with van der Waals surface area (Å²) in [5.41, 5.74) is 1.22. The number of hydrogen-bond donors (Lipinski definition) is 1. The Labute approximate surface area is 109 Å². The Morgan fingerprint density at radius 2 is 2.11 bits per heavy atom. The average molecular weight is 246 g/mol. The highest BCUT2D eigenvalue weighted by molar-refractivity contribution is 5.38. The zero-order valence-electron chi connectivity index (χ0n) is 11.1. The van der Waals surface area contributed by atoms with E-state index in [0.29, 0.717) is 6.61 Å². The molecule has 18 heavy (non-hydrogen) atoms. The van der Waals surface area contributed by atoms with Crippen LogP contribution in [-0.2, 0) is 0 Å². The molecule has 1 N–H and O–H groups in total. The minimum atomic E-state index is 0.245. The van der Waals surface area contributed by atoms with E-state index in [0.717, 1.165) is 31.9 Å². The highest BCUT2D eigenvalue weighted by Crippen LogP contribution is 2.30. The van der Waals surface area contributed by atoms with Crippen LogP contribution in [0.3, 0.4) is 0 Å². The van der Waals surface area contributed by atoms with E-state index in [1.165, 1.54) is 5.56 Å². The molecular formula is C15H22N2O. The first-order valence-electron chi connectivity index (χ1n) is 6.66. The van der Waals surface area contributed by atoms with Crippen LogP contribution in [0.5, 0.6) is 5.75 Å². The molecule has 1 aliphatic rings. The van der Waals surface area contributed by atoms with Crippen molar-refractivity contribution in [3.8, 4) is 5.75 Å². The SMILES string of the molecule is C=C[C@@H](c1ccccc1OCC)N1CCNCC1. The van der Waals surface area contributed by atoms with E-state index in [-0.39, 0.29) is 6.04 Å². The molecule has 3 nitrogen and oxygen atoms in total. The monoisotopic (exact) mass is 246 g/mol. The fourth-order valence-electron chi connectivity index (χ4n) is 2.44. The molecule has 1 aromatic rings. The Bertz CT molecular complexity index is 386. The Hall–Kier alpha value is -1.32. The molecule has 0 aromatic heterocycles. The molecule has 1 atom stereocenters. The summed E-state index contributed by atoms with van der Waals surface area (Å²) in [6.45, 7) is 10.9. The molecule has 0 aliphatic carbocycles. The molecule has 1 heterocycles. The minimum Gasteiger partial charge on any atom is -0.494 e. The summed E-state index contributed by atoms with van der Waals surface area (Å²) in [7, 11) is 0. The zero-order valence-corrected chi connectivity index (χ0v) is 11.1. The van der Waals surface area contributed by atoms with Crippen LogP contribution in [0.4, 0.5) is 0 Å². The highest BCUT2D eigenvalue weighted by Gasteiger charge is 2.21. The molecule has 98 valence electrons. The summed E-state index contributed by atoms with van der Waals surface area (Å²) in [5, 5.41) is 3.38. The lowest BCUT2D eigenvalue weighted by Gasteiger charge is -2.34. The summed E-state index contributed by atoms with van der Waals surface area (Å²) in [5.74, 6) is 0.975. The van der Waals surface area contributed by atoms with Crippen LogP contribution < -0.4 is 10.1 Å². The number of hydrogen-bond acceptors (Lipinski definition) is 3. The fraction of sp³-hybridized carbons (Fsp3) is 0.467. The van der Waals surface area contributed by atoms with Crippen molar-refractivity contribution in [3.05, 3.63) is 42.5 Å². The average Bonchev–Trinajstić information content (AvgIpc) is 2.43. The number of benzene rings is 1. The van der Waals surface area contributed by atoms with Gasteiger partial charge in [-0.25, -0.2) is 0 Å². The van der Waals surface area contributed by atoms with Crippen molar-refractivity contribution in [2.24, 2.45) is 0 Å². The van der Waals surface area contributed by atoms with E-state index < -0.39 is 0 Å². The lowest BCUT2D eigenvalue weighted by molar-refractivity contribution is 0.199. The van der Waals surface area contributed by atoms with Gasteiger partial charge in [-0.2, -0.15) is 0 Å². The largest absolute Gasteiger partial charge is 0.494 e. The molecule has 1 saturated heterocycles. The van der Waals surface area contributed by atoms with Crippen LogP contribution in [0, 0.1) is 0 Å². The van der Waals surface area contributed by atoms with Gasteiger partial charge in [0.05, 0.1) is 12.6 Å². The molecule has 0 saturated carbocycles. The maximum absolute atomic E-state index is 5.72. The normalized spacial score (nSPS) is 18.3. The number of piperazine rings is 1. The second-order valence-corrected chi connectivity index (χ2v) is 4.44. The lowest BCUT2D eigenvalue weighted by Crippen LogP contribution is -2.44. The predicted molar refractivity (Wildman–Crippen MR) is 75.0 cm³/mol. The van der Waals surface area contributed by atoms with Gasteiger partial charge in [0.2, 0.25) is 0 Å². The van der Waals surface area contributed by atoms with Crippen molar-refractivity contribution in [2.75, 3.05) is 32.8 Å². The van der Waals surface area contributed by atoms with Crippen LogP contribution in [0.25, 0.3) is 0 Å². The van der Waals surface area contributed by atoms with Crippen molar-refractivity contribution < 1.29 is 4.74 Å². The number of rotatable bonds is 5. The summed E-state index contributed by atoms with van der Waals surface area (Å²) in [6.07, 6.45) is 2.02. The molecule has 3 heteroatoms. The number of nitrogens with zero attached hydrogens (tertiary/aromatic N) is 1. The second-order valence-electron chi connectivity index (χ2n) is 4.44. The van der Waals surface area contributed by atoms with Crippen LogP contribution in [0.1, 0.15) is 18.5 Å². The third-order valence-corrected chi connectivity index (χ3v) is 3.31. The van der Waals surface area contributed by atoms with Gasteiger partial charge in [0.25, 0.3) is 0 Å². The summed E-state index contributed by atoms with van der Waals surface area (Å²) in [4.78, 5) is 2.45. The van der Waals surface area contributed by atoms with Crippen molar-refractivity contribution in [1.82, 2.24) is 10.2 Å². The predicted octanol–water partition coefficient (Wildman–Crippen LogP) is 2.22. The lowest BCUT2D eigenvalue weighted by atomic mass is 10.0. The second kappa shape index (κ2) is 6.57. The Morgan fingerprint density at radius 1 is 1.39 bits per heavy atom. The van der Waals surface area contributed by atoms with E-state index in [1.54, 1.807) is 0 Å². The molecule has 0 unspecified atom stereocenters. The standard InChI is InChI=1S/C15H22N2O/c1-3-14(17-11-9-16-10-12-17)13-7-5-6-8-15(13)18-4-2/h3,5-8,14,16H,1,4,9-12H2,2H3/t14-/m0/s1. The molecular weight excluding hydrogens is 224 g/mol. The van der Waals surface area contributed by atoms with Crippen LogP contribution in [0.15, 0.2) is 36.9 Å². The minimum absolute atomic E-state index is 0.245. The topological polar surface area (TPSA) is 24.5 Å². The van der Waals surface area contributed by atoms with Crippen molar-refractivity contribution >= 4 is 0 Å². The van der Waals surface area contributed by atoms with Gasteiger partial charge in [-0.3, -0.25) is 4.90 Å². The highest BCUT2D eigenvalue weighted by atomic mass is 16.5. The number of ether oxygens (including phenoxy) is 1. The Balaban J connectivity index is 2.22. The van der Waals surface area contributed by atoms with Gasteiger partial charge in [-0.1, -0.05) is 24.3 Å². The van der Waals surface area contributed by atoms with Crippen molar-refractivity contribution in [2.45, 2.75) is 13.0 Å². The van der Waals surface area contributed by atoms with Gasteiger partial charge in [0.1, 0.15) is 5.75 Å². The third-order valence-electron chi connectivity index (χ3n) is 3.31. The summed E-state index contributed by atoms with van der Waals surface area (Å²) < 4.78 is 5.72. The maximum atomic E-state index is 5.72. The Morgan fingerprint density at radius 3 is 2.78 bits per heavy atom. The van der Waals surface area contributed by atoms with Gasteiger partial charge in [0, 0.05) is 31.7 Å². The number of para-hydroxylation sites is 1. The smallest absolute Gasteiger partial charge is 0.124 e. The third kappa shape index (κ3) is 2.92. The van der Waals surface area contributed by atoms with Crippen LogP contribution >= 0.6 is 0 Å².